The van der Waals surface area contributed by atoms with E-state index in [4.69, 9.17) is 17.0 Å². The average Bonchev–Trinajstić information content (AvgIpc) is 2.55. The van der Waals surface area contributed by atoms with E-state index in [2.05, 4.69) is 65.8 Å². The Morgan fingerprint density at radius 1 is 1.25 bits per heavy atom. The highest BCUT2D eigenvalue weighted by Gasteiger charge is 2.12. The molecule has 2 N–H and O–H groups in total. The van der Waals surface area contributed by atoms with E-state index in [9.17, 15) is 0 Å². The van der Waals surface area contributed by atoms with Gasteiger partial charge in [-0.2, -0.15) is 5.10 Å². The van der Waals surface area contributed by atoms with Gasteiger partial charge >= 0.3 is 0 Å². The topological polar surface area (TPSA) is 48.9 Å². The highest BCUT2D eigenvalue weighted by molar-refractivity contribution is 7.80. The molecule has 5 nitrogen and oxygen atoms in total. The van der Waals surface area contributed by atoms with Gasteiger partial charge in [0.1, 0.15) is 0 Å². The van der Waals surface area contributed by atoms with Gasteiger partial charge in [0.25, 0.3) is 0 Å². The Labute approximate surface area is 150 Å². The molecule has 0 atom stereocenters. The van der Waals surface area contributed by atoms with Gasteiger partial charge in [0.15, 0.2) is 5.11 Å². The smallest absolute Gasteiger partial charge is 0.187 e. The van der Waals surface area contributed by atoms with E-state index in [-0.39, 0.29) is 5.41 Å². The fourth-order valence-corrected chi connectivity index (χ4v) is 2.58. The van der Waals surface area contributed by atoms with Gasteiger partial charge in [0.05, 0.1) is 19.4 Å². The highest BCUT2D eigenvalue weighted by atomic mass is 32.1. The summed E-state index contributed by atoms with van der Waals surface area (Å²) in [5.41, 5.74) is 5.39. The van der Waals surface area contributed by atoms with E-state index in [1.807, 2.05) is 0 Å². The summed E-state index contributed by atoms with van der Waals surface area (Å²) < 4.78 is 5.33. The quantitative estimate of drug-likeness (QED) is 0.485. The molecule has 132 valence electrons. The first-order valence-electron chi connectivity index (χ1n) is 8.43. The second-order valence-electron chi connectivity index (χ2n) is 6.95. The molecule has 1 aromatic carbocycles. The third-order valence-corrected chi connectivity index (χ3v) is 4.21. The number of hydrazone groups is 1. The summed E-state index contributed by atoms with van der Waals surface area (Å²) in [5.74, 6) is 0. The lowest BCUT2D eigenvalue weighted by molar-refractivity contribution is 0.0389. The van der Waals surface area contributed by atoms with Gasteiger partial charge in [-0.3, -0.25) is 10.3 Å². The van der Waals surface area contributed by atoms with Crippen LogP contribution in [0, 0.1) is 0 Å². The minimum atomic E-state index is 0.167. The Balaban J connectivity index is 1.68. The maximum absolute atomic E-state index is 5.33. The standard InChI is InChI=1S/C18H28N4OS/c1-18(2,3)16-6-4-15(5-7-16)14-20-21-17(24)19-8-9-22-10-12-23-13-11-22/h4-7,14H,8-13H2,1-3H3,(H2,19,21,24). The van der Waals surface area contributed by atoms with E-state index in [0.29, 0.717) is 5.11 Å². The van der Waals surface area contributed by atoms with Crippen molar-refractivity contribution >= 4 is 23.5 Å². The zero-order valence-electron chi connectivity index (χ0n) is 14.8. The molecule has 0 saturated carbocycles. The number of benzene rings is 1. The Morgan fingerprint density at radius 2 is 1.92 bits per heavy atom. The summed E-state index contributed by atoms with van der Waals surface area (Å²) in [6.45, 7) is 12.0. The average molecular weight is 349 g/mol. The van der Waals surface area contributed by atoms with Crippen LogP contribution >= 0.6 is 12.2 Å². The first kappa shape index (κ1) is 18.8. The van der Waals surface area contributed by atoms with Crippen LogP contribution < -0.4 is 10.7 Å². The van der Waals surface area contributed by atoms with E-state index >= 15 is 0 Å². The Bertz CT molecular complexity index is 545. The second-order valence-corrected chi connectivity index (χ2v) is 7.36. The van der Waals surface area contributed by atoms with Crippen molar-refractivity contribution < 1.29 is 4.74 Å². The molecular formula is C18H28N4OS. The number of nitrogens with zero attached hydrogens (tertiary/aromatic N) is 2. The monoisotopic (exact) mass is 348 g/mol. The summed E-state index contributed by atoms with van der Waals surface area (Å²) in [4.78, 5) is 2.36. The van der Waals surface area contributed by atoms with Gasteiger partial charge in [0.2, 0.25) is 0 Å². The number of hydrogen-bond acceptors (Lipinski definition) is 4. The van der Waals surface area contributed by atoms with Gasteiger partial charge in [-0.15, -0.1) is 0 Å². The van der Waals surface area contributed by atoms with Crippen molar-refractivity contribution in [2.24, 2.45) is 5.10 Å². The molecule has 0 amide bonds. The van der Waals surface area contributed by atoms with Gasteiger partial charge < -0.3 is 10.1 Å². The number of rotatable bonds is 5. The molecule has 0 radical (unpaired) electrons. The van der Waals surface area contributed by atoms with Crippen LogP contribution in [0.25, 0.3) is 0 Å². The maximum Gasteiger partial charge on any atom is 0.187 e. The summed E-state index contributed by atoms with van der Waals surface area (Å²) in [5, 5.41) is 7.90. The Morgan fingerprint density at radius 3 is 2.54 bits per heavy atom. The largest absolute Gasteiger partial charge is 0.379 e. The van der Waals surface area contributed by atoms with Crippen molar-refractivity contribution in [2.45, 2.75) is 26.2 Å². The molecular weight excluding hydrogens is 320 g/mol. The second kappa shape index (κ2) is 9.11. The fraction of sp³-hybridized carbons (Fsp3) is 0.556. The van der Waals surface area contributed by atoms with Crippen LogP contribution in [0.2, 0.25) is 0 Å². The summed E-state index contributed by atoms with van der Waals surface area (Å²) in [7, 11) is 0. The van der Waals surface area contributed by atoms with Crippen molar-refractivity contribution in [1.82, 2.24) is 15.6 Å². The van der Waals surface area contributed by atoms with Crippen LogP contribution in [-0.4, -0.2) is 55.6 Å². The van der Waals surface area contributed by atoms with Gasteiger partial charge in [-0.05, 0) is 28.8 Å². The molecule has 1 fully saturated rings. The SMILES string of the molecule is CC(C)(C)c1ccc(C=NNC(=S)NCCN2CCOCC2)cc1. The van der Waals surface area contributed by atoms with Gasteiger partial charge in [-0.1, -0.05) is 45.0 Å². The Kier molecular flexibility index (Phi) is 7.15. The molecule has 0 spiro atoms. The normalized spacial score (nSPS) is 16.3. The molecule has 6 heteroatoms. The van der Waals surface area contributed by atoms with Crippen LogP contribution in [0.5, 0.6) is 0 Å². The lowest BCUT2D eigenvalue weighted by Crippen LogP contribution is -2.42. The van der Waals surface area contributed by atoms with Crippen molar-refractivity contribution in [2.75, 3.05) is 39.4 Å². The molecule has 0 bridgehead atoms. The predicted octanol–water partition coefficient (Wildman–Crippen LogP) is 2.11. The number of hydrogen-bond donors (Lipinski definition) is 2. The van der Waals surface area contributed by atoms with Crippen molar-refractivity contribution in [3.63, 3.8) is 0 Å². The summed E-state index contributed by atoms with van der Waals surface area (Å²) in [6.07, 6.45) is 1.78. The van der Waals surface area contributed by atoms with Crippen LogP contribution in [0.15, 0.2) is 29.4 Å². The summed E-state index contributed by atoms with van der Waals surface area (Å²) >= 11 is 5.23. The molecule has 0 unspecified atom stereocenters. The molecule has 1 aromatic rings. The molecule has 1 saturated heterocycles. The van der Waals surface area contributed by atoms with Gasteiger partial charge in [-0.25, -0.2) is 0 Å². The number of thiocarbonyl (C=S) groups is 1. The first-order chi connectivity index (χ1) is 11.4. The molecule has 0 aliphatic carbocycles. The number of ether oxygens (including phenoxy) is 1. The number of morpholine rings is 1. The molecule has 1 heterocycles. The summed E-state index contributed by atoms with van der Waals surface area (Å²) in [6, 6.07) is 8.42. The van der Waals surface area contributed by atoms with E-state index in [0.717, 1.165) is 45.0 Å². The van der Waals surface area contributed by atoms with Crippen LogP contribution in [0.3, 0.4) is 0 Å². The Hall–Kier alpha value is -1.50. The predicted molar refractivity (Wildman–Crippen MR) is 104 cm³/mol. The lowest BCUT2D eigenvalue weighted by Gasteiger charge is -2.26. The minimum Gasteiger partial charge on any atom is -0.379 e. The lowest BCUT2D eigenvalue weighted by atomic mass is 9.87. The third kappa shape index (κ3) is 6.55. The first-order valence-corrected chi connectivity index (χ1v) is 8.83. The molecule has 2 rings (SSSR count). The van der Waals surface area contributed by atoms with Gasteiger partial charge in [0, 0.05) is 26.2 Å². The van der Waals surface area contributed by atoms with Crippen molar-refractivity contribution in [3.05, 3.63) is 35.4 Å². The van der Waals surface area contributed by atoms with Crippen LogP contribution in [0.1, 0.15) is 31.9 Å². The number of nitrogens with one attached hydrogen (secondary N) is 2. The minimum absolute atomic E-state index is 0.167. The third-order valence-electron chi connectivity index (χ3n) is 3.97. The van der Waals surface area contributed by atoms with Crippen LogP contribution in [0.4, 0.5) is 0 Å². The zero-order chi connectivity index (χ0) is 17.4. The molecule has 24 heavy (non-hydrogen) atoms. The maximum atomic E-state index is 5.33. The van der Waals surface area contributed by atoms with Crippen LogP contribution in [-0.2, 0) is 10.2 Å². The van der Waals surface area contributed by atoms with Crippen molar-refractivity contribution in [3.8, 4) is 0 Å². The molecule has 0 aromatic heterocycles. The highest BCUT2D eigenvalue weighted by Crippen LogP contribution is 2.21. The van der Waals surface area contributed by atoms with E-state index in [1.165, 1.54) is 5.56 Å². The van der Waals surface area contributed by atoms with E-state index in [1.54, 1.807) is 6.21 Å². The molecule has 1 aliphatic rings. The zero-order valence-corrected chi connectivity index (χ0v) is 15.7. The van der Waals surface area contributed by atoms with E-state index < -0.39 is 0 Å². The fourth-order valence-electron chi connectivity index (χ4n) is 2.43. The molecule has 1 aliphatic heterocycles. The van der Waals surface area contributed by atoms with Crippen molar-refractivity contribution in [1.29, 1.82) is 0 Å².